The fourth-order valence-electron chi connectivity index (χ4n) is 4.30. The predicted octanol–water partition coefficient (Wildman–Crippen LogP) is 3.44. The fraction of sp³-hybridized carbons (Fsp3) is 0.333. The number of carbonyl (C=O) groups is 1. The van der Waals surface area contributed by atoms with Crippen LogP contribution in [0.25, 0.3) is 11.0 Å². The molecular weight excluding hydrogens is 398 g/mol. The Morgan fingerprint density at radius 1 is 1.16 bits per heavy atom. The van der Waals surface area contributed by atoms with E-state index in [4.69, 9.17) is 9.15 Å². The van der Waals surface area contributed by atoms with E-state index in [0.717, 1.165) is 11.1 Å². The molecular formula is C24H25NO6. The smallest absolute Gasteiger partial charge is 0.290 e. The molecule has 2 N–H and O–H groups in total. The van der Waals surface area contributed by atoms with Crippen LogP contribution in [0.1, 0.15) is 52.2 Å². The second-order valence-electron chi connectivity index (χ2n) is 7.77. The lowest BCUT2D eigenvalue weighted by Crippen LogP contribution is -2.31. The fourth-order valence-corrected chi connectivity index (χ4v) is 4.30. The van der Waals surface area contributed by atoms with Crippen LogP contribution < -0.4 is 10.2 Å². The van der Waals surface area contributed by atoms with Crippen molar-refractivity contribution in [2.24, 2.45) is 0 Å². The van der Waals surface area contributed by atoms with Crippen molar-refractivity contribution in [1.82, 2.24) is 4.90 Å². The molecule has 31 heavy (non-hydrogen) atoms. The number of fused-ring (bicyclic) bond motifs is 2. The number of aliphatic hydroxyl groups is 1. The summed E-state index contributed by atoms with van der Waals surface area (Å²) in [5.41, 5.74) is 2.76. The van der Waals surface area contributed by atoms with Gasteiger partial charge in [0.15, 0.2) is 16.9 Å². The number of aliphatic hydroxyl groups excluding tert-OH is 1. The number of aryl methyl sites for hydroxylation is 2. The standard InChI is InChI=1S/C24H25NO6/c1-4-30-17-12-15(6-7-16(17)27)21-20-22(28)19-14(3)10-13(2)11-18(19)31-23(20)24(29)25(21)8-5-9-26/h6-7,10-12,21,26-27H,4-5,8-9H2,1-3H3/t21-/m0/s1. The zero-order valence-electron chi connectivity index (χ0n) is 17.8. The van der Waals surface area contributed by atoms with Crippen molar-refractivity contribution >= 4 is 16.9 Å². The van der Waals surface area contributed by atoms with Crippen LogP contribution >= 0.6 is 0 Å². The SMILES string of the molecule is CCOc1cc([C@H]2c3c(oc4cc(C)cc(C)c4c3=O)C(=O)N2CCCO)ccc1O. The molecule has 2 heterocycles. The molecule has 0 unspecified atom stereocenters. The van der Waals surface area contributed by atoms with Crippen molar-refractivity contribution in [1.29, 1.82) is 0 Å². The maximum atomic E-state index is 13.6. The first kappa shape index (κ1) is 20.9. The van der Waals surface area contributed by atoms with Crippen LogP contribution in [0.2, 0.25) is 0 Å². The summed E-state index contributed by atoms with van der Waals surface area (Å²) in [7, 11) is 0. The van der Waals surface area contributed by atoms with Crippen LogP contribution in [0.4, 0.5) is 0 Å². The van der Waals surface area contributed by atoms with Gasteiger partial charge in [-0.3, -0.25) is 9.59 Å². The normalized spacial score (nSPS) is 15.5. The Balaban J connectivity index is 1.98. The number of phenolic OH excluding ortho intramolecular Hbond substituents is 1. The molecule has 1 atom stereocenters. The Labute approximate surface area is 179 Å². The summed E-state index contributed by atoms with van der Waals surface area (Å²) in [6.07, 6.45) is 0.360. The average Bonchev–Trinajstić information content (AvgIpc) is 3.00. The maximum Gasteiger partial charge on any atom is 0.290 e. The molecule has 2 aromatic carbocycles. The number of amides is 1. The molecule has 1 aliphatic heterocycles. The molecule has 0 saturated carbocycles. The van der Waals surface area contributed by atoms with Gasteiger partial charge in [0.05, 0.1) is 23.6 Å². The highest BCUT2D eigenvalue weighted by molar-refractivity contribution is 5.99. The summed E-state index contributed by atoms with van der Waals surface area (Å²) < 4.78 is 11.5. The van der Waals surface area contributed by atoms with E-state index < -0.39 is 11.9 Å². The minimum Gasteiger partial charge on any atom is -0.504 e. The second-order valence-corrected chi connectivity index (χ2v) is 7.77. The van der Waals surface area contributed by atoms with Gasteiger partial charge in [0.2, 0.25) is 5.76 Å². The summed E-state index contributed by atoms with van der Waals surface area (Å²) in [6, 6.07) is 7.77. The van der Waals surface area contributed by atoms with Gasteiger partial charge < -0.3 is 24.3 Å². The Kier molecular flexibility index (Phi) is 5.45. The van der Waals surface area contributed by atoms with Gasteiger partial charge in [0.1, 0.15) is 5.58 Å². The van der Waals surface area contributed by atoms with Gasteiger partial charge in [-0.1, -0.05) is 12.1 Å². The van der Waals surface area contributed by atoms with E-state index in [9.17, 15) is 19.8 Å². The lowest BCUT2D eigenvalue weighted by Gasteiger charge is -2.25. The molecule has 0 spiro atoms. The molecule has 162 valence electrons. The van der Waals surface area contributed by atoms with Gasteiger partial charge in [-0.05, 0) is 62.1 Å². The van der Waals surface area contributed by atoms with Crippen LogP contribution in [0, 0.1) is 13.8 Å². The van der Waals surface area contributed by atoms with Crippen LogP contribution in [0.3, 0.4) is 0 Å². The average molecular weight is 423 g/mol. The Morgan fingerprint density at radius 2 is 1.94 bits per heavy atom. The maximum absolute atomic E-state index is 13.6. The summed E-state index contributed by atoms with van der Waals surface area (Å²) in [5, 5.41) is 19.9. The van der Waals surface area contributed by atoms with Crippen molar-refractivity contribution in [3.63, 3.8) is 0 Å². The number of ether oxygens (including phenoxy) is 1. The lowest BCUT2D eigenvalue weighted by atomic mass is 9.96. The number of rotatable bonds is 6. The van der Waals surface area contributed by atoms with E-state index in [1.807, 2.05) is 19.9 Å². The minimum atomic E-state index is -0.699. The molecule has 0 radical (unpaired) electrons. The van der Waals surface area contributed by atoms with Gasteiger partial charge in [-0.25, -0.2) is 0 Å². The highest BCUT2D eigenvalue weighted by atomic mass is 16.5. The monoisotopic (exact) mass is 423 g/mol. The van der Waals surface area contributed by atoms with E-state index in [0.29, 0.717) is 29.6 Å². The van der Waals surface area contributed by atoms with E-state index in [1.54, 1.807) is 25.1 Å². The third-order valence-electron chi connectivity index (χ3n) is 5.57. The molecule has 0 fully saturated rings. The van der Waals surface area contributed by atoms with Crippen molar-refractivity contribution in [2.45, 2.75) is 33.2 Å². The third kappa shape index (κ3) is 3.45. The highest BCUT2D eigenvalue weighted by Crippen LogP contribution is 2.41. The van der Waals surface area contributed by atoms with E-state index in [1.165, 1.54) is 11.0 Å². The molecule has 0 aliphatic carbocycles. The molecule has 0 bridgehead atoms. The largest absolute Gasteiger partial charge is 0.504 e. The number of hydrogen-bond acceptors (Lipinski definition) is 6. The number of nitrogens with zero attached hydrogens (tertiary/aromatic N) is 1. The van der Waals surface area contributed by atoms with Gasteiger partial charge in [-0.2, -0.15) is 0 Å². The molecule has 0 saturated heterocycles. The lowest BCUT2D eigenvalue weighted by molar-refractivity contribution is 0.0716. The van der Waals surface area contributed by atoms with E-state index in [-0.39, 0.29) is 41.4 Å². The summed E-state index contributed by atoms with van der Waals surface area (Å²) >= 11 is 0. The quantitative estimate of drug-likeness (QED) is 0.630. The summed E-state index contributed by atoms with van der Waals surface area (Å²) in [5.74, 6) is -0.108. The topological polar surface area (TPSA) is 100 Å². The van der Waals surface area contributed by atoms with Gasteiger partial charge >= 0.3 is 0 Å². The van der Waals surface area contributed by atoms with Gasteiger partial charge in [-0.15, -0.1) is 0 Å². The van der Waals surface area contributed by atoms with E-state index >= 15 is 0 Å². The molecule has 3 aromatic rings. The Morgan fingerprint density at radius 3 is 2.65 bits per heavy atom. The summed E-state index contributed by atoms with van der Waals surface area (Å²) in [4.78, 5) is 28.4. The Hall–Kier alpha value is -3.32. The second kappa shape index (κ2) is 8.07. The first-order chi connectivity index (χ1) is 14.9. The molecule has 1 amide bonds. The van der Waals surface area contributed by atoms with Crippen molar-refractivity contribution in [2.75, 3.05) is 19.8 Å². The summed E-state index contributed by atoms with van der Waals surface area (Å²) in [6.45, 7) is 6.08. The number of hydrogen-bond donors (Lipinski definition) is 2. The minimum absolute atomic E-state index is 0.0195. The van der Waals surface area contributed by atoms with Crippen LogP contribution in [0.15, 0.2) is 39.5 Å². The van der Waals surface area contributed by atoms with Gasteiger partial charge in [0, 0.05) is 13.2 Å². The number of phenols is 1. The predicted molar refractivity (Wildman–Crippen MR) is 116 cm³/mol. The first-order valence-electron chi connectivity index (χ1n) is 10.3. The molecule has 4 rings (SSSR count). The van der Waals surface area contributed by atoms with E-state index in [2.05, 4.69) is 0 Å². The van der Waals surface area contributed by atoms with Crippen molar-refractivity contribution < 1.29 is 24.2 Å². The van der Waals surface area contributed by atoms with Crippen LogP contribution in [-0.2, 0) is 0 Å². The third-order valence-corrected chi connectivity index (χ3v) is 5.57. The van der Waals surface area contributed by atoms with Crippen molar-refractivity contribution in [3.8, 4) is 11.5 Å². The van der Waals surface area contributed by atoms with Crippen LogP contribution in [0.5, 0.6) is 11.5 Å². The number of benzene rings is 2. The number of aromatic hydroxyl groups is 1. The van der Waals surface area contributed by atoms with Gasteiger partial charge in [0.25, 0.3) is 5.91 Å². The van der Waals surface area contributed by atoms with Crippen molar-refractivity contribution in [3.05, 3.63) is 68.6 Å². The molecule has 1 aliphatic rings. The van der Waals surface area contributed by atoms with Crippen LogP contribution in [-0.4, -0.2) is 40.8 Å². The highest BCUT2D eigenvalue weighted by Gasteiger charge is 2.42. The molecule has 7 heteroatoms. The zero-order chi connectivity index (χ0) is 22.3. The zero-order valence-corrected chi connectivity index (χ0v) is 17.8. The first-order valence-corrected chi connectivity index (χ1v) is 10.3. The molecule has 1 aromatic heterocycles. The number of carbonyl (C=O) groups excluding carboxylic acids is 1. The Bertz CT molecular complexity index is 1230. The molecule has 7 nitrogen and oxygen atoms in total.